The summed E-state index contributed by atoms with van der Waals surface area (Å²) in [5, 5.41) is 4.02. The zero-order chi connectivity index (χ0) is 17.9. The predicted octanol–water partition coefficient (Wildman–Crippen LogP) is 4.07. The van der Waals surface area contributed by atoms with Crippen LogP contribution in [-0.4, -0.2) is 40.8 Å². The number of benzene rings is 1. The van der Waals surface area contributed by atoms with Crippen molar-refractivity contribution in [3.63, 3.8) is 0 Å². The number of nitrogens with zero attached hydrogens (tertiary/aromatic N) is 3. The molecule has 2 heterocycles. The largest absolute Gasteiger partial charge is 0.378 e. The van der Waals surface area contributed by atoms with Gasteiger partial charge in [0.05, 0.1) is 12.7 Å². The molecule has 0 bridgehead atoms. The fourth-order valence-corrected chi connectivity index (χ4v) is 3.73. The lowest BCUT2D eigenvalue weighted by Gasteiger charge is -2.32. The SMILES string of the molecule is Fc1ccc(Br)cc1CN1CCC(OCCc2noc(C3CC3)n2)CC1. The predicted molar refractivity (Wildman–Crippen MR) is 98.3 cm³/mol. The lowest BCUT2D eigenvalue weighted by Crippen LogP contribution is -2.37. The lowest BCUT2D eigenvalue weighted by molar-refractivity contribution is 0.00658. The van der Waals surface area contributed by atoms with Gasteiger partial charge in [-0.2, -0.15) is 4.98 Å². The fraction of sp³-hybridized carbons (Fsp3) is 0.579. The lowest BCUT2D eigenvalue weighted by atomic mass is 10.1. The van der Waals surface area contributed by atoms with E-state index >= 15 is 0 Å². The van der Waals surface area contributed by atoms with Crippen molar-refractivity contribution in [1.29, 1.82) is 0 Å². The van der Waals surface area contributed by atoms with E-state index in [9.17, 15) is 4.39 Å². The van der Waals surface area contributed by atoms with Crippen molar-refractivity contribution in [2.24, 2.45) is 0 Å². The summed E-state index contributed by atoms with van der Waals surface area (Å²) in [5.74, 6) is 1.89. The molecule has 1 aromatic heterocycles. The average molecular weight is 424 g/mol. The Hall–Kier alpha value is -1.31. The fourth-order valence-electron chi connectivity index (χ4n) is 3.32. The molecule has 0 N–H and O–H groups in total. The Labute approximate surface area is 161 Å². The molecule has 1 saturated carbocycles. The Balaban J connectivity index is 1.18. The molecule has 0 atom stereocenters. The van der Waals surface area contributed by atoms with Crippen molar-refractivity contribution in [3.05, 3.63) is 45.8 Å². The number of hydrogen-bond acceptors (Lipinski definition) is 5. The molecule has 2 fully saturated rings. The molecule has 2 aliphatic rings. The van der Waals surface area contributed by atoms with Gasteiger partial charge in [-0.1, -0.05) is 21.1 Å². The van der Waals surface area contributed by atoms with Crippen molar-refractivity contribution in [3.8, 4) is 0 Å². The van der Waals surface area contributed by atoms with Crippen molar-refractivity contribution in [1.82, 2.24) is 15.0 Å². The molecule has 140 valence electrons. The van der Waals surface area contributed by atoms with Crippen LogP contribution < -0.4 is 0 Å². The molecule has 1 aliphatic carbocycles. The molecule has 1 saturated heterocycles. The van der Waals surface area contributed by atoms with Gasteiger partial charge in [-0.15, -0.1) is 0 Å². The number of likely N-dealkylation sites (tertiary alicyclic amines) is 1. The summed E-state index contributed by atoms with van der Waals surface area (Å²) >= 11 is 3.41. The second-order valence-corrected chi connectivity index (χ2v) is 8.07. The van der Waals surface area contributed by atoms with E-state index in [1.165, 1.54) is 18.9 Å². The molecular formula is C19H23BrFN3O2. The Bertz CT molecular complexity index is 742. The first-order valence-corrected chi connectivity index (χ1v) is 10.1. The molecule has 0 spiro atoms. The highest BCUT2D eigenvalue weighted by atomic mass is 79.9. The van der Waals surface area contributed by atoms with Crippen molar-refractivity contribution in [2.75, 3.05) is 19.7 Å². The third kappa shape index (κ3) is 4.69. The van der Waals surface area contributed by atoms with Gasteiger partial charge in [0, 0.05) is 42.0 Å². The van der Waals surface area contributed by atoms with Crippen molar-refractivity contribution in [2.45, 2.75) is 50.7 Å². The van der Waals surface area contributed by atoms with E-state index in [1.54, 1.807) is 6.07 Å². The maximum Gasteiger partial charge on any atom is 0.229 e. The Morgan fingerprint density at radius 3 is 2.81 bits per heavy atom. The van der Waals surface area contributed by atoms with E-state index in [1.807, 2.05) is 6.07 Å². The minimum Gasteiger partial charge on any atom is -0.378 e. The molecule has 0 amide bonds. The number of aromatic nitrogens is 2. The second-order valence-electron chi connectivity index (χ2n) is 7.16. The standard InChI is InChI=1S/C19H23BrFN3O2/c20-15-3-4-17(21)14(11-15)12-24-8-5-16(6-9-24)25-10-7-18-22-19(26-23-18)13-1-2-13/h3-4,11,13,16H,1-2,5-10,12H2. The Kier molecular flexibility index (Phi) is 5.66. The normalized spacial score (nSPS) is 19.2. The zero-order valence-electron chi connectivity index (χ0n) is 14.7. The number of rotatable bonds is 7. The van der Waals surface area contributed by atoms with Crippen LogP contribution in [0.1, 0.15) is 48.9 Å². The summed E-state index contributed by atoms with van der Waals surface area (Å²) in [6.07, 6.45) is 5.22. The van der Waals surface area contributed by atoms with Gasteiger partial charge < -0.3 is 9.26 Å². The highest BCUT2D eigenvalue weighted by Gasteiger charge is 2.29. The number of hydrogen-bond donors (Lipinski definition) is 0. The van der Waals surface area contributed by atoms with Gasteiger partial charge in [-0.3, -0.25) is 4.90 Å². The van der Waals surface area contributed by atoms with Crippen LogP contribution in [0.4, 0.5) is 4.39 Å². The van der Waals surface area contributed by atoms with Gasteiger partial charge in [-0.05, 0) is 43.9 Å². The molecule has 1 aromatic carbocycles. The average Bonchev–Trinajstić information content (AvgIpc) is 3.39. The van der Waals surface area contributed by atoms with Crippen LogP contribution in [0.15, 0.2) is 27.2 Å². The van der Waals surface area contributed by atoms with Crippen LogP contribution >= 0.6 is 15.9 Å². The smallest absolute Gasteiger partial charge is 0.229 e. The number of piperidine rings is 1. The van der Waals surface area contributed by atoms with Gasteiger partial charge in [0.2, 0.25) is 5.89 Å². The first-order valence-electron chi connectivity index (χ1n) is 9.28. The first-order chi connectivity index (χ1) is 12.7. The van der Waals surface area contributed by atoms with E-state index < -0.39 is 0 Å². The van der Waals surface area contributed by atoms with Crippen LogP contribution in [0.5, 0.6) is 0 Å². The minimum atomic E-state index is -0.141. The quantitative estimate of drug-likeness (QED) is 0.671. The zero-order valence-corrected chi connectivity index (χ0v) is 16.3. The van der Waals surface area contributed by atoms with Crippen LogP contribution in [0.3, 0.4) is 0 Å². The van der Waals surface area contributed by atoms with Gasteiger partial charge in [0.15, 0.2) is 5.82 Å². The van der Waals surface area contributed by atoms with E-state index in [0.29, 0.717) is 25.5 Å². The topological polar surface area (TPSA) is 51.4 Å². The maximum absolute atomic E-state index is 13.9. The number of halogens is 2. The van der Waals surface area contributed by atoms with Crippen LogP contribution in [-0.2, 0) is 17.7 Å². The molecule has 0 unspecified atom stereocenters. The summed E-state index contributed by atoms with van der Waals surface area (Å²) in [4.78, 5) is 6.71. The molecule has 1 aliphatic heterocycles. The molecule has 26 heavy (non-hydrogen) atoms. The van der Waals surface area contributed by atoms with Gasteiger partial charge in [-0.25, -0.2) is 4.39 Å². The third-order valence-electron chi connectivity index (χ3n) is 5.03. The summed E-state index contributed by atoms with van der Waals surface area (Å²) in [6.45, 7) is 3.11. The van der Waals surface area contributed by atoms with E-state index in [2.05, 4.69) is 31.0 Å². The molecular weight excluding hydrogens is 401 g/mol. The molecule has 4 rings (SSSR count). The van der Waals surface area contributed by atoms with Crippen LogP contribution in [0, 0.1) is 5.82 Å². The monoisotopic (exact) mass is 423 g/mol. The van der Waals surface area contributed by atoms with Gasteiger partial charge in [0.25, 0.3) is 0 Å². The summed E-state index contributed by atoms with van der Waals surface area (Å²) in [7, 11) is 0. The Morgan fingerprint density at radius 2 is 2.04 bits per heavy atom. The van der Waals surface area contributed by atoms with E-state index in [-0.39, 0.29) is 11.9 Å². The molecule has 2 aromatic rings. The van der Waals surface area contributed by atoms with Crippen LogP contribution in [0.2, 0.25) is 0 Å². The minimum absolute atomic E-state index is 0.141. The van der Waals surface area contributed by atoms with Gasteiger partial charge >= 0.3 is 0 Å². The molecule has 5 nitrogen and oxygen atoms in total. The van der Waals surface area contributed by atoms with Crippen molar-refractivity contribution < 1.29 is 13.7 Å². The Morgan fingerprint density at radius 1 is 1.23 bits per heavy atom. The second kappa shape index (κ2) is 8.15. The van der Waals surface area contributed by atoms with Crippen molar-refractivity contribution >= 4 is 15.9 Å². The highest BCUT2D eigenvalue weighted by Crippen LogP contribution is 2.38. The molecule has 7 heteroatoms. The summed E-state index contributed by atoms with van der Waals surface area (Å²) in [6, 6.07) is 5.11. The van der Waals surface area contributed by atoms with Crippen LogP contribution in [0.25, 0.3) is 0 Å². The van der Waals surface area contributed by atoms with E-state index in [0.717, 1.165) is 47.7 Å². The summed E-state index contributed by atoms with van der Waals surface area (Å²) < 4.78 is 26.1. The highest BCUT2D eigenvalue weighted by molar-refractivity contribution is 9.10. The maximum atomic E-state index is 13.9. The molecule has 0 radical (unpaired) electrons. The number of ether oxygens (including phenoxy) is 1. The van der Waals surface area contributed by atoms with E-state index in [4.69, 9.17) is 9.26 Å². The van der Waals surface area contributed by atoms with Gasteiger partial charge in [0.1, 0.15) is 5.82 Å². The first kappa shape index (κ1) is 18.1. The third-order valence-corrected chi connectivity index (χ3v) is 5.52. The summed E-state index contributed by atoms with van der Waals surface area (Å²) in [5.41, 5.74) is 0.738.